The third kappa shape index (κ3) is 6.12. The highest BCUT2D eigenvalue weighted by atomic mass is 32.1. The van der Waals surface area contributed by atoms with Crippen LogP contribution in [0.15, 0.2) is 239 Å². The minimum absolute atomic E-state index is 0.831. The Hall–Kier alpha value is -9.03. The number of hydrogen-bond acceptors (Lipinski definition) is 4. The normalized spacial score (nSPS) is 12.0. The molecule has 0 saturated heterocycles. The van der Waals surface area contributed by atoms with Crippen LogP contribution in [0.5, 0.6) is 0 Å². The van der Waals surface area contributed by atoms with Crippen molar-refractivity contribution in [3.63, 3.8) is 0 Å². The number of nitrogens with zero attached hydrogens (tertiary/aromatic N) is 2. The van der Waals surface area contributed by atoms with Gasteiger partial charge in [-0.1, -0.05) is 133 Å². The van der Waals surface area contributed by atoms with Gasteiger partial charge >= 0.3 is 0 Å². The molecule has 5 heterocycles. The molecule has 15 aromatic rings. The van der Waals surface area contributed by atoms with E-state index in [1.165, 1.54) is 58.8 Å². The first-order valence-corrected chi connectivity index (χ1v) is 24.5. The smallest absolute Gasteiger partial charge is 0.136 e. The maximum atomic E-state index is 6.60. The largest absolute Gasteiger partial charge is 0.456 e. The van der Waals surface area contributed by atoms with E-state index in [0.29, 0.717) is 0 Å². The number of benzene rings is 10. The molecule has 0 N–H and O–H groups in total. The van der Waals surface area contributed by atoms with Gasteiger partial charge in [-0.05, 0) is 130 Å². The van der Waals surface area contributed by atoms with Gasteiger partial charge in [-0.15, -0.1) is 11.3 Å². The maximum Gasteiger partial charge on any atom is 0.136 e. The van der Waals surface area contributed by atoms with Crippen LogP contribution in [0.3, 0.4) is 0 Å². The lowest BCUT2D eigenvalue weighted by atomic mass is 9.96. The summed E-state index contributed by atoms with van der Waals surface area (Å²) in [7, 11) is 0. The molecule has 0 aliphatic heterocycles. The average molecular weight is 911 g/mol. The summed E-state index contributed by atoms with van der Waals surface area (Å²) in [5, 5.41) is 9.38. The Morgan fingerprint density at radius 2 is 0.914 bits per heavy atom. The predicted molar refractivity (Wildman–Crippen MR) is 293 cm³/mol. The molecule has 0 aliphatic rings. The zero-order valence-corrected chi connectivity index (χ0v) is 38.4. The van der Waals surface area contributed by atoms with Crippen LogP contribution in [0.2, 0.25) is 0 Å². The number of fused-ring (bicyclic) bond motifs is 12. The molecule has 0 atom stereocenters. The zero-order chi connectivity index (χ0) is 45.9. The predicted octanol–water partition coefficient (Wildman–Crippen LogP) is 18.7. The summed E-state index contributed by atoms with van der Waals surface area (Å²) in [5.41, 5.74) is 17.7. The zero-order valence-electron chi connectivity index (χ0n) is 37.6. The molecule has 15 rings (SSSR count). The highest BCUT2D eigenvalue weighted by molar-refractivity contribution is 7.25. The average Bonchev–Trinajstić information content (AvgIpc) is 4.19. The molecular weight excluding hydrogens is 873 g/mol. The van der Waals surface area contributed by atoms with Gasteiger partial charge in [0.1, 0.15) is 22.3 Å². The molecule has 0 unspecified atom stereocenters. The molecule has 70 heavy (non-hydrogen) atoms. The van der Waals surface area contributed by atoms with Crippen LogP contribution in [0, 0.1) is 0 Å². The second kappa shape index (κ2) is 15.2. The van der Waals surface area contributed by atoms with Crippen LogP contribution in [0.25, 0.3) is 147 Å². The van der Waals surface area contributed by atoms with Crippen molar-refractivity contribution < 1.29 is 8.83 Å². The van der Waals surface area contributed by atoms with E-state index in [1.807, 2.05) is 29.5 Å². The Balaban J connectivity index is 0.823. The Kier molecular flexibility index (Phi) is 8.49. The number of para-hydroxylation sites is 3. The van der Waals surface area contributed by atoms with E-state index in [9.17, 15) is 0 Å². The standard InChI is InChI=1S/C65H38N2O2S/c1-3-12-39(13-4-1)55-35-45(43-22-27-49-48-17-8-10-20-59(48)69-62(49)37-43)36-56(66-55)51-18-11-21-61-65(51)54-34-41(25-30-60(54)68-61)42-26-31-63-53(33-42)50-28-23-44(38-64(50)70-63)40-24-29-58-52(32-40)47-16-7-9-19-57(47)67(58)46-14-5-2-6-15-46/h1-38H. The van der Waals surface area contributed by atoms with Gasteiger partial charge < -0.3 is 13.4 Å². The molecule has 326 valence electrons. The fourth-order valence-electron chi connectivity index (χ4n) is 10.9. The summed E-state index contributed by atoms with van der Waals surface area (Å²) in [6.07, 6.45) is 0. The van der Waals surface area contributed by atoms with Gasteiger partial charge in [0.05, 0.1) is 22.4 Å². The summed E-state index contributed by atoms with van der Waals surface area (Å²) in [6.45, 7) is 0. The van der Waals surface area contributed by atoms with Crippen molar-refractivity contribution >= 4 is 97.2 Å². The molecule has 0 saturated carbocycles. The first kappa shape index (κ1) is 39.0. The molecule has 0 spiro atoms. The van der Waals surface area contributed by atoms with E-state index in [0.717, 1.165) is 88.6 Å². The Labute approximate surface area is 405 Å². The third-order valence-electron chi connectivity index (χ3n) is 14.2. The van der Waals surface area contributed by atoms with E-state index in [4.69, 9.17) is 13.8 Å². The number of furan rings is 2. The van der Waals surface area contributed by atoms with Gasteiger partial charge in [-0.2, -0.15) is 0 Å². The molecule has 0 fully saturated rings. The first-order chi connectivity index (χ1) is 34.6. The summed E-state index contributed by atoms with van der Waals surface area (Å²) < 4.78 is 17.9. The molecule has 10 aromatic carbocycles. The van der Waals surface area contributed by atoms with Crippen molar-refractivity contribution in [2.75, 3.05) is 0 Å². The molecular formula is C65H38N2O2S. The van der Waals surface area contributed by atoms with E-state index in [2.05, 4.69) is 217 Å². The number of rotatable bonds is 6. The molecule has 0 bridgehead atoms. The van der Waals surface area contributed by atoms with E-state index >= 15 is 0 Å². The van der Waals surface area contributed by atoms with Crippen molar-refractivity contribution in [2.45, 2.75) is 0 Å². The minimum atomic E-state index is 0.831. The fraction of sp³-hybridized carbons (Fsp3) is 0. The molecule has 5 aromatic heterocycles. The molecule has 0 aliphatic carbocycles. The minimum Gasteiger partial charge on any atom is -0.456 e. The van der Waals surface area contributed by atoms with Gasteiger partial charge in [0.25, 0.3) is 0 Å². The van der Waals surface area contributed by atoms with Crippen molar-refractivity contribution in [3.05, 3.63) is 231 Å². The number of thiophene rings is 1. The summed E-state index contributed by atoms with van der Waals surface area (Å²) >= 11 is 1.86. The van der Waals surface area contributed by atoms with Crippen LogP contribution in [0.4, 0.5) is 0 Å². The lowest BCUT2D eigenvalue weighted by Gasteiger charge is -2.11. The Bertz CT molecular complexity index is 4590. The van der Waals surface area contributed by atoms with Crippen molar-refractivity contribution in [1.82, 2.24) is 9.55 Å². The van der Waals surface area contributed by atoms with E-state index < -0.39 is 0 Å². The number of hydrogen-bond donors (Lipinski definition) is 0. The number of aromatic nitrogens is 2. The molecule has 5 heteroatoms. The highest BCUT2D eigenvalue weighted by Gasteiger charge is 2.19. The molecule has 0 amide bonds. The second-order valence-corrected chi connectivity index (χ2v) is 19.3. The van der Waals surface area contributed by atoms with Gasteiger partial charge in [0.15, 0.2) is 0 Å². The van der Waals surface area contributed by atoms with Crippen molar-refractivity contribution in [3.8, 4) is 61.6 Å². The monoisotopic (exact) mass is 910 g/mol. The number of pyridine rings is 1. The third-order valence-corrected chi connectivity index (χ3v) is 15.3. The van der Waals surface area contributed by atoms with Gasteiger partial charge in [-0.25, -0.2) is 4.98 Å². The lowest BCUT2D eigenvalue weighted by Crippen LogP contribution is -1.92. The molecule has 0 radical (unpaired) electrons. The van der Waals surface area contributed by atoms with Gasteiger partial charge in [-0.3, -0.25) is 0 Å². The fourth-order valence-corrected chi connectivity index (χ4v) is 12.0. The van der Waals surface area contributed by atoms with E-state index in [1.54, 1.807) is 0 Å². The van der Waals surface area contributed by atoms with Crippen molar-refractivity contribution in [2.24, 2.45) is 0 Å². The summed E-state index contributed by atoms with van der Waals surface area (Å²) in [6, 6.07) is 82.6. The van der Waals surface area contributed by atoms with Crippen molar-refractivity contribution in [1.29, 1.82) is 0 Å². The maximum absolute atomic E-state index is 6.60. The Morgan fingerprint density at radius 3 is 1.79 bits per heavy atom. The Morgan fingerprint density at radius 1 is 0.314 bits per heavy atom. The first-order valence-electron chi connectivity index (χ1n) is 23.7. The van der Waals surface area contributed by atoms with Gasteiger partial charge in [0, 0.05) is 69.3 Å². The molecule has 4 nitrogen and oxygen atoms in total. The van der Waals surface area contributed by atoms with Crippen LogP contribution >= 0.6 is 11.3 Å². The SMILES string of the molecule is c1ccc(-c2cc(-c3ccc4c(c3)oc3ccccc34)cc(-c3cccc4oc5ccc(-c6ccc7sc8cc(-c9ccc%10c(c9)c9ccccc9n%10-c9ccccc9)ccc8c7c6)cc5c34)n2)cc1. The summed E-state index contributed by atoms with van der Waals surface area (Å²) in [5.74, 6) is 0. The van der Waals surface area contributed by atoms with E-state index in [-0.39, 0.29) is 0 Å². The van der Waals surface area contributed by atoms with Crippen LogP contribution < -0.4 is 0 Å². The topological polar surface area (TPSA) is 44.1 Å². The summed E-state index contributed by atoms with van der Waals surface area (Å²) in [4.78, 5) is 5.37. The van der Waals surface area contributed by atoms with Gasteiger partial charge in [0.2, 0.25) is 0 Å². The van der Waals surface area contributed by atoms with Crippen LogP contribution in [-0.4, -0.2) is 9.55 Å². The lowest BCUT2D eigenvalue weighted by molar-refractivity contribution is 0.668. The van der Waals surface area contributed by atoms with Crippen LogP contribution in [0.1, 0.15) is 0 Å². The highest BCUT2D eigenvalue weighted by Crippen LogP contribution is 2.44. The van der Waals surface area contributed by atoms with Crippen LogP contribution in [-0.2, 0) is 0 Å². The second-order valence-electron chi connectivity index (χ2n) is 18.2. The quantitative estimate of drug-likeness (QED) is 0.167.